The van der Waals surface area contributed by atoms with Crippen LogP contribution in [-0.4, -0.2) is 10.1 Å². The lowest BCUT2D eigenvalue weighted by Crippen LogP contribution is -1.99. The predicted octanol–water partition coefficient (Wildman–Crippen LogP) is 4.56. The number of hydrogen-bond donors (Lipinski definition) is 1. The maximum atomic E-state index is 10.6. The van der Waals surface area contributed by atoms with Gasteiger partial charge >= 0.3 is 0 Å². The number of aliphatic hydroxyl groups excluding tert-OH is 1. The highest BCUT2D eigenvalue weighted by molar-refractivity contribution is 7.18. The molecule has 0 amide bonds. The van der Waals surface area contributed by atoms with Crippen LogP contribution in [0.15, 0.2) is 36.4 Å². The van der Waals surface area contributed by atoms with Crippen molar-refractivity contribution < 1.29 is 5.11 Å². The third-order valence-corrected chi connectivity index (χ3v) is 5.03. The zero-order valence-corrected chi connectivity index (χ0v) is 13.4. The molecule has 3 rings (SSSR count). The van der Waals surface area contributed by atoms with Crippen LogP contribution in [0, 0.1) is 13.8 Å². The van der Waals surface area contributed by atoms with Gasteiger partial charge in [0.25, 0.3) is 0 Å². The number of benzene rings is 2. The first-order chi connectivity index (χ1) is 10.1. The Bertz CT molecular complexity index is 791. The van der Waals surface area contributed by atoms with Gasteiger partial charge in [-0.3, -0.25) is 0 Å². The van der Waals surface area contributed by atoms with Crippen molar-refractivity contribution in [1.29, 1.82) is 0 Å². The number of nitrogens with zero attached hydrogens (tertiary/aromatic N) is 1. The van der Waals surface area contributed by atoms with E-state index in [1.165, 1.54) is 16.7 Å². The van der Waals surface area contributed by atoms with E-state index in [4.69, 9.17) is 0 Å². The Balaban J connectivity index is 2.00. The smallest absolute Gasteiger partial charge is 0.131 e. The van der Waals surface area contributed by atoms with E-state index in [-0.39, 0.29) is 0 Å². The van der Waals surface area contributed by atoms with Gasteiger partial charge in [-0.2, -0.15) is 0 Å². The molecule has 21 heavy (non-hydrogen) atoms. The number of rotatable bonds is 3. The summed E-state index contributed by atoms with van der Waals surface area (Å²) in [6.45, 7) is 6.29. The van der Waals surface area contributed by atoms with Gasteiger partial charge in [-0.1, -0.05) is 31.2 Å². The van der Waals surface area contributed by atoms with Crippen LogP contribution in [0.1, 0.15) is 40.3 Å². The molecule has 0 aliphatic heterocycles. The molecule has 0 aliphatic carbocycles. The molecule has 108 valence electrons. The van der Waals surface area contributed by atoms with Crippen LogP contribution >= 0.6 is 11.3 Å². The van der Waals surface area contributed by atoms with Crippen LogP contribution in [0.4, 0.5) is 0 Å². The number of aromatic nitrogens is 1. The Morgan fingerprint density at radius 1 is 1.10 bits per heavy atom. The topological polar surface area (TPSA) is 33.1 Å². The second kappa shape index (κ2) is 5.58. The zero-order valence-electron chi connectivity index (χ0n) is 12.6. The minimum Gasteiger partial charge on any atom is -0.381 e. The SMILES string of the molecule is CCc1ccc2nc(C(O)c3ccc(C)c(C)c3)sc2c1. The Morgan fingerprint density at radius 2 is 1.90 bits per heavy atom. The van der Waals surface area contributed by atoms with Gasteiger partial charge in [0.15, 0.2) is 0 Å². The van der Waals surface area contributed by atoms with E-state index >= 15 is 0 Å². The van der Waals surface area contributed by atoms with E-state index < -0.39 is 6.10 Å². The van der Waals surface area contributed by atoms with E-state index in [0.29, 0.717) is 0 Å². The van der Waals surface area contributed by atoms with Crippen molar-refractivity contribution in [3.63, 3.8) is 0 Å². The summed E-state index contributed by atoms with van der Waals surface area (Å²) in [5.74, 6) is 0. The summed E-state index contributed by atoms with van der Waals surface area (Å²) < 4.78 is 1.15. The summed E-state index contributed by atoms with van der Waals surface area (Å²) in [5.41, 5.74) is 5.62. The van der Waals surface area contributed by atoms with Gasteiger partial charge in [0, 0.05) is 0 Å². The Morgan fingerprint density at radius 3 is 2.62 bits per heavy atom. The molecule has 1 unspecified atom stereocenters. The summed E-state index contributed by atoms with van der Waals surface area (Å²) in [6, 6.07) is 12.4. The molecule has 3 aromatic rings. The second-order valence-electron chi connectivity index (χ2n) is 5.45. The minimum absolute atomic E-state index is 0.647. The molecular formula is C18H19NOS. The maximum absolute atomic E-state index is 10.6. The first-order valence-electron chi connectivity index (χ1n) is 7.23. The highest BCUT2D eigenvalue weighted by Crippen LogP contribution is 2.31. The maximum Gasteiger partial charge on any atom is 0.131 e. The zero-order chi connectivity index (χ0) is 15.0. The standard InChI is InChI=1S/C18H19NOS/c1-4-13-6-8-15-16(10-13)21-18(19-15)17(20)14-7-5-11(2)12(3)9-14/h5-10,17,20H,4H2,1-3H3. The quantitative estimate of drug-likeness (QED) is 0.769. The monoisotopic (exact) mass is 297 g/mol. The van der Waals surface area contributed by atoms with Gasteiger partial charge < -0.3 is 5.11 Å². The molecule has 1 N–H and O–H groups in total. The number of hydrogen-bond acceptors (Lipinski definition) is 3. The van der Waals surface area contributed by atoms with E-state index in [9.17, 15) is 5.11 Å². The molecule has 2 aromatic carbocycles. The first-order valence-corrected chi connectivity index (χ1v) is 8.04. The average molecular weight is 297 g/mol. The van der Waals surface area contributed by atoms with Crippen molar-refractivity contribution in [2.75, 3.05) is 0 Å². The van der Waals surface area contributed by atoms with Crippen molar-refractivity contribution >= 4 is 21.6 Å². The van der Waals surface area contributed by atoms with Crippen LogP contribution in [0.5, 0.6) is 0 Å². The number of aryl methyl sites for hydroxylation is 3. The molecule has 0 bridgehead atoms. The van der Waals surface area contributed by atoms with Crippen molar-refractivity contribution in [2.24, 2.45) is 0 Å². The molecule has 0 saturated carbocycles. The molecule has 1 atom stereocenters. The summed E-state index contributed by atoms with van der Waals surface area (Å²) >= 11 is 1.58. The van der Waals surface area contributed by atoms with Crippen molar-refractivity contribution in [3.8, 4) is 0 Å². The highest BCUT2D eigenvalue weighted by atomic mass is 32.1. The van der Waals surface area contributed by atoms with Gasteiger partial charge in [0.1, 0.15) is 11.1 Å². The third-order valence-electron chi connectivity index (χ3n) is 3.96. The van der Waals surface area contributed by atoms with Crippen LogP contribution in [-0.2, 0) is 6.42 Å². The lowest BCUT2D eigenvalue weighted by Gasteiger charge is -2.09. The summed E-state index contributed by atoms with van der Waals surface area (Å²) in [4.78, 5) is 4.59. The fourth-order valence-electron chi connectivity index (χ4n) is 2.40. The third kappa shape index (κ3) is 2.71. The predicted molar refractivity (Wildman–Crippen MR) is 89.0 cm³/mol. The second-order valence-corrected chi connectivity index (χ2v) is 6.52. The molecule has 0 radical (unpaired) electrons. The van der Waals surface area contributed by atoms with Gasteiger partial charge in [-0.05, 0) is 54.7 Å². The molecule has 0 spiro atoms. The van der Waals surface area contributed by atoms with Crippen LogP contribution < -0.4 is 0 Å². The van der Waals surface area contributed by atoms with E-state index in [0.717, 1.165) is 27.2 Å². The average Bonchev–Trinajstić information content (AvgIpc) is 2.92. The Labute approximate surface area is 129 Å². The Hall–Kier alpha value is -1.71. The van der Waals surface area contributed by atoms with Crippen LogP contribution in [0.3, 0.4) is 0 Å². The number of aliphatic hydroxyl groups is 1. The van der Waals surface area contributed by atoms with Crippen LogP contribution in [0.25, 0.3) is 10.2 Å². The molecule has 1 aromatic heterocycles. The fraction of sp³-hybridized carbons (Fsp3) is 0.278. The summed E-state index contributed by atoms with van der Waals surface area (Å²) in [5, 5.41) is 11.3. The highest BCUT2D eigenvalue weighted by Gasteiger charge is 2.16. The Kier molecular flexibility index (Phi) is 3.79. The normalized spacial score (nSPS) is 12.8. The number of fused-ring (bicyclic) bond motifs is 1. The van der Waals surface area contributed by atoms with E-state index in [1.54, 1.807) is 11.3 Å². The van der Waals surface area contributed by atoms with E-state index in [2.05, 4.69) is 44.0 Å². The molecule has 0 saturated heterocycles. The van der Waals surface area contributed by atoms with Gasteiger partial charge in [0.05, 0.1) is 10.2 Å². The summed E-state index contributed by atoms with van der Waals surface area (Å²) in [6.07, 6.45) is 0.370. The van der Waals surface area contributed by atoms with Gasteiger partial charge in [0.2, 0.25) is 0 Å². The number of thiazole rings is 1. The molecule has 2 nitrogen and oxygen atoms in total. The largest absolute Gasteiger partial charge is 0.381 e. The molecule has 0 aliphatic rings. The lowest BCUT2D eigenvalue weighted by atomic mass is 10.0. The van der Waals surface area contributed by atoms with Crippen molar-refractivity contribution in [3.05, 3.63) is 63.7 Å². The van der Waals surface area contributed by atoms with Gasteiger partial charge in [-0.15, -0.1) is 11.3 Å². The molecule has 1 heterocycles. The molecular weight excluding hydrogens is 278 g/mol. The molecule has 0 fully saturated rings. The fourth-order valence-corrected chi connectivity index (χ4v) is 3.45. The summed E-state index contributed by atoms with van der Waals surface area (Å²) in [7, 11) is 0. The first kappa shape index (κ1) is 14.2. The van der Waals surface area contributed by atoms with Crippen LogP contribution in [0.2, 0.25) is 0 Å². The molecule has 3 heteroatoms. The van der Waals surface area contributed by atoms with Gasteiger partial charge in [-0.25, -0.2) is 4.98 Å². The van der Waals surface area contributed by atoms with E-state index in [1.807, 2.05) is 18.2 Å². The van der Waals surface area contributed by atoms with Crippen molar-refractivity contribution in [2.45, 2.75) is 33.3 Å². The minimum atomic E-state index is -0.647. The lowest BCUT2D eigenvalue weighted by molar-refractivity contribution is 0.220. The van der Waals surface area contributed by atoms with Crippen molar-refractivity contribution in [1.82, 2.24) is 4.98 Å².